The van der Waals surface area contributed by atoms with Crippen molar-refractivity contribution in [3.05, 3.63) is 34.9 Å². The third kappa shape index (κ3) is 6.62. The highest BCUT2D eigenvalue weighted by atomic mass is 31.3. The molecule has 2 rings (SSSR count). The number of aliphatic hydroxyl groups excluding tert-OH is 1. The molecule has 29 heavy (non-hydrogen) atoms. The van der Waals surface area contributed by atoms with Gasteiger partial charge in [0.25, 0.3) is 0 Å². The Bertz CT molecular complexity index is 989. The highest BCUT2D eigenvalue weighted by Crippen LogP contribution is 2.66. The zero-order valence-electron chi connectivity index (χ0n) is 14.1. The number of nitrogens with zero attached hydrogens (tertiary/aromatic N) is 2. The summed E-state index contributed by atoms with van der Waals surface area (Å²) in [5.74, 6) is -0.0698. The summed E-state index contributed by atoms with van der Waals surface area (Å²) in [4.78, 5) is 50.7. The number of aromatic nitrogens is 2. The van der Waals surface area contributed by atoms with Crippen LogP contribution < -0.4 is 11.4 Å². The van der Waals surface area contributed by atoms with E-state index in [0.717, 1.165) is 4.57 Å². The van der Waals surface area contributed by atoms with Gasteiger partial charge in [0.2, 0.25) is 0 Å². The lowest BCUT2D eigenvalue weighted by Gasteiger charge is -2.19. The van der Waals surface area contributed by atoms with E-state index in [0.29, 0.717) is 0 Å². The zero-order chi connectivity index (χ0) is 22.2. The van der Waals surface area contributed by atoms with Crippen molar-refractivity contribution in [1.82, 2.24) is 9.55 Å². The van der Waals surface area contributed by atoms with E-state index in [9.17, 15) is 28.5 Å². The second-order valence-electron chi connectivity index (χ2n) is 5.48. The van der Waals surface area contributed by atoms with E-state index < -0.39 is 54.2 Å². The summed E-state index contributed by atoms with van der Waals surface area (Å²) in [6.07, 6.45) is -2.92. The molecule has 2 unspecified atom stereocenters. The van der Waals surface area contributed by atoms with Crippen molar-refractivity contribution in [2.24, 2.45) is 0 Å². The van der Waals surface area contributed by atoms with Gasteiger partial charge in [0, 0.05) is 11.8 Å². The first-order chi connectivity index (χ1) is 13.1. The average molecular weight is 479 g/mol. The maximum atomic E-state index is 11.9. The molecule has 0 saturated carbocycles. The Kier molecular flexibility index (Phi) is 7.02. The lowest BCUT2D eigenvalue weighted by atomic mass is 10.1. The number of anilines is 1. The van der Waals surface area contributed by atoms with Crippen molar-refractivity contribution >= 4 is 29.3 Å². The standard InChI is InChI=1S/C10H16N3O13P3/c1-5-8(14)6(24-9(5)13-3-2-7(11)12-10(13)15)4-23-28(19,20)26-29(21,22)25-27(16,17)18/h2-3,6,8-9,14H,1,4H2,(H,19,20)(H,21,22)(H2,11,12,15)(H2,16,17,18)/t6-,8+,9-/m1/s1. The van der Waals surface area contributed by atoms with Crippen LogP contribution >= 0.6 is 23.5 Å². The maximum absolute atomic E-state index is 11.9. The first-order valence-electron chi connectivity index (χ1n) is 7.25. The molecule has 2 heterocycles. The Labute approximate surface area is 161 Å². The second-order valence-corrected chi connectivity index (χ2v) is 9.90. The van der Waals surface area contributed by atoms with Crippen LogP contribution in [0.15, 0.2) is 29.2 Å². The molecule has 7 N–H and O–H groups in total. The Morgan fingerprint density at radius 3 is 2.38 bits per heavy atom. The molecule has 0 aromatic carbocycles. The van der Waals surface area contributed by atoms with Crippen LogP contribution in [0, 0.1) is 0 Å². The lowest BCUT2D eigenvalue weighted by molar-refractivity contribution is -0.0437. The molecule has 1 aliphatic rings. The minimum atomic E-state index is -5.68. The monoisotopic (exact) mass is 479 g/mol. The van der Waals surface area contributed by atoms with Gasteiger partial charge in [0.1, 0.15) is 18.0 Å². The van der Waals surface area contributed by atoms with Crippen molar-refractivity contribution in [3.63, 3.8) is 0 Å². The largest absolute Gasteiger partial charge is 0.490 e. The van der Waals surface area contributed by atoms with Gasteiger partial charge in [0.15, 0.2) is 6.23 Å². The molecule has 0 radical (unpaired) electrons. The molecule has 164 valence electrons. The van der Waals surface area contributed by atoms with Gasteiger partial charge in [0.05, 0.1) is 6.61 Å². The SMILES string of the molecule is C=C1[C@H](n2ccc(N)nc2=O)O[C@H](COP(=O)(O)OP(=O)(O)OP(=O)(O)O)[C@H]1O. The molecular weight excluding hydrogens is 463 g/mol. The quantitative estimate of drug-likeness (QED) is 0.193. The minimum absolute atomic E-state index is 0.0429. The Balaban J connectivity index is 2.06. The molecule has 1 aromatic heterocycles. The van der Waals surface area contributed by atoms with Gasteiger partial charge in [-0.1, -0.05) is 6.58 Å². The van der Waals surface area contributed by atoms with Gasteiger partial charge in [-0.25, -0.2) is 18.5 Å². The topological polar surface area (TPSA) is 250 Å². The molecule has 0 spiro atoms. The fourth-order valence-electron chi connectivity index (χ4n) is 2.16. The first kappa shape index (κ1) is 24.0. The fourth-order valence-corrected chi connectivity index (χ4v) is 5.19. The van der Waals surface area contributed by atoms with E-state index in [1.165, 1.54) is 12.3 Å². The molecule has 1 fully saturated rings. The van der Waals surface area contributed by atoms with Crippen LogP contribution in [0.3, 0.4) is 0 Å². The van der Waals surface area contributed by atoms with Gasteiger partial charge in [-0.2, -0.15) is 13.6 Å². The number of rotatable bonds is 8. The molecule has 1 aliphatic heterocycles. The highest BCUT2D eigenvalue weighted by Gasteiger charge is 2.44. The number of ether oxygens (including phenoxy) is 1. The van der Waals surface area contributed by atoms with E-state index in [1.807, 2.05) is 0 Å². The van der Waals surface area contributed by atoms with Crippen molar-refractivity contribution in [2.45, 2.75) is 18.4 Å². The Morgan fingerprint density at radius 1 is 1.21 bits per heavy atom. The van der Waals surface area contributed by atoms with E-state index in [4.69, 9.17) is 25.2 Å². The minimum Gasteiger partial charge on any atom is -0.386 e. The van der Waals surface area contributed by atoms with E-state index in [2.05, 4.69) is 24.7 Å². The van der Waals surface area contributed by atoms with Gasteiger partial charge >= 0.3 is 29.2 Å². The predicted octanol–water partition coefficient (Wildman–Crippen LogP) is -1.02. The second kappa shape index (κ2) is 8.47. The zero-order valence-corrected chi connectivity index (χ0v) is 16.8. The highest BCUT2D eigenvalue weighted by molar-refractivity contribution is 7.66. The van der Waals surface area contributed by atoms with Crippen LogP contribution in [-0.4, -0.2) is 53.0 Å². The van der Waals surface area contributed by atoms with Gasteiger partial charge in [-0.05, 0) is 6.07 Å². The van der Waals surface area contributed by atoms with Gasteiger partial charge < -0.3 is 35.2 Å². The Hall–Kier alpha value is -1.25. The molecule has 0 aliphatic carbocycles. The molecule has 0 amide bonds. The van der Waals surface area contributed by atoms with Crippen molar-refractivity contribution in [2.75, 3.05) is 12.3 Å². The van der Waals surface area contributed by atoms with Crippen LogP contribution in [0.4, 0.5) is 5.82 Å². The fraction of sp³-hybridized carbons (Fsp3) is 0.400. The predicted molar refractivity (Wildman–Crippen MR) is 91.8 cm³/mol. The third-order valence-corrected chi connectivity index (χ3v) is 7.08. The molecule has 16 nitrogen and oxygen atoms in total. The van der Waals surface area contributed by atoms with Crippen molar-refractivity contribution in [1.29, 1.82) is 0 Å². The number of aliphatic hydroxyl groups is 1. The van der Waals surface area contributed by atoms with E-state index in [-0.39, 0.29) is 11.4 Å². The van der Waals surface area contributed by atoms with Crippen LogP contribution in [0.1, 0.15) is 6.23 Å². The number of nitrogen functional groups attached to an aromatic ring is 1. The maximum Gasteiger partial charge on any atom is 0.490 e. The summed E-state index contributed by atoms with van der Waals surface area (Å²) in [5, 5.41) is 10.1. The summed E-state index contributed by atoms with van der Waals surface area (Å²) < 4.78 is 51.3. The molecule has 5 atom stereocenters. The van der Waals surface area contributed by atoms with Crippen LogP contribution in [-0.2, 0) is 31.6 Å². The smallest absolute Gasteiger partial charge is 0.386 e. The number of phosphoric acid groups is 3. The molecule has 19 heteroatoms. The van der Waals surface area contributed by atoms with Crippen LogP contribution in [0.25, 0.3) is 0 Å². The number of nitrogens with two attached hydrogens (primary N) is 1. The van der Waals surface area contributed by atoms with Crippen molar-refractivity contribution in [3.8, 4) is 0 Å². The number of hydrogen-bond acceptors (Lipinski definition) is 11. The molecule has 0 bridgehead atoms. The summed E-state index contributed by atoms with van der Waals surface area (Å²) in [6, 6.07) is 1.27. The molecular formula is C10H16N3O13P3. The lowest BCUT2D eigenvalue weighted by Crippen LogP contribution is -2.28. The number of phosphoric ester groups is 1. The average Bonchev–Trinajstić information content (AvgIpc) is 2.78. The van der Waals surface area contributed by atoms with Gasteiger partial charge in [-0.15, -0.1) is 0 Å². The van der Waals surface area contributed by atoms with Crippen LogP contribution in [0.2, 0.25) is 0 Å². The Morgan fingerprint density at radius 2 is 1.83 bits per heavy atom. The molecule has 1 aromatic rings. The van der Waals surface area contributed by atoms with Gasteiger partial charge in [-0.3, -0.25) is 9.09 Å². The normalized spacial score (nSPS) is 26.8. The first-order valence-corrected chi connectivity index (χ1v) is 11.8. The molecule has 1 saturated heterocycles. The third-order valence-electron chi connectivity index (χ3n) is 3.27. The van der Waals surface area contributed by atoms with E-state index >= 15 is 0 Å². The van der Waals surface area contributed by atoms with Crippen molar-refractivity contribution < 1.29 is 56.3 Å². The van der Waals surface area contributed by atoms with Crippen LogP contribution in [0.5, 0.6) is 0 Å². The van der Waals surface area contributed by atoms with E-state index in [1.54, 1.807) is 0 Å². The summed E-state index contributed by atoms with van der Waals surface area (Å²) in [5.41, 5.74) is 4.49. The summed E-state index contributed by atoms with van der Waals surface area (Å²) in [6.45, 7) is 2.63. The summed E-state index contributed by atoms with van der Waals surface area (Å²) in [7, 11) is -16.6. The summed E-state index contributed by atoms with van der Waals surface area (Å²) >= 11 is 0. The number of hydrogen-bond donors (Lipinski definition) is 6.